The molecule has 1 aromatic rings. The van der Waals surface area contributed by atoms with Crippen LogP contribution in [0.15, 0.2) is 24.3 Å². The van der Waals surface area contributed by atoms with Crippen molar-refractivity contribution >= 4 is 17.7 Å². The first kappa shape index (κ1) is 20.6. The molecule has 0 unspecified atom stereocenters. The lowest BCUT2D eigenvalue weighted by Crippen LogP contribution is -2.43. The van der Waals surface area contributed by atoms with Gasteiger partial charge in [0, 0.05) is 12.8 Å². The third-order valence-corrected chi connectivity index (χ3v) is 3.52. The lowest BCUT2D eigenvalue weighted by molar-refractivity contribution is -0.144. The Morgan fingerprint density at radius 1 is 1.16 bits per heavy atom. The molecule has 1 aromatic carbocycles. The molecule has 0 aliphatic rings. The van der Waals surface area contributed by atoms with Crippen molar-refractivity contribution < 1.29 is 37.8 Å². The summed E-state index contributed by atoms with van der Waals surface area (Å²) >= 11 is 0. The molecule has 0 bridgehead atoms. The number of rotatable bonds is 8. The molecule has 0 aliphatic carbocycles. The maximum atomic E-state index is 12.5. The number of amides is 1. The van der Waals surface area contributed by atoms with Crippen LogP contribution in [-0.2, 0) is 20.6 Å². The van der Waals surface area contributed by atoms with Crippen molar-refractivity contribution in [2.45, 2.75) is 44.5 Å². The third kappa shape index (κ3) is 6.18. The number of carbonyl (C=O) groups excluding carboxylic acids is 2. The molecule has 0 fully saturated rings. The molecule has 1 amide bonds. The van der Waals surface area contributed by atoms with E-state index < -0.39 is 35.8 Å². The smallest absolute Gasteiger partial charge is 0.416 e. The Balaban J connectivity index is 2.76. The molecule has 6 nitrogen and oxygen atoms in total. The van der Waals surface area contributed by atoms with Crippen LogP contribution in [0.1, 0.15) is 43.4 Å². The van der Waals surface area contributed by atoms with Gasteiger partial charge < -0.3 is 15.5 Å². The van der Waals surface area contributed by atoms with Crippen LogP contribution in [0.5, 0.6) is 0 Å². The van der Waals surface area contributed by atoms with Crippen LogP contribution >= 0.6 is 0 Å². The van der Waals surface area contributed by atoms with Crippen molar-refractivity contribution in [1.82, 2.24) is 5.32 Å². The first-order valence-corrected chi connectivity index (χ1v) is 7.46. The number of alkyl halides is 3. The number of hydrogen-bond acceptors (Lipinski definition) is 4. The summed E-state index contributed by atoms with van der Waals surface area (Å²) in [7, 11) is 0. The van der Waals surface area contributed by atoms with Gasteiger partial charge in [0.2, 0.25) is 0 Å². The molecule has 9 heteroatoms. The van der Waals surface area contributed by atoms with E-state index in [0.717, 1.165) is 12.1 Å². The predicted molar refractivity (Wildman–Crippen MR) is 80.5 cm³/mol. The molecule has 1 rings (SSSR count). The highest BCUT2D eigenvalue weighted by atomic mass is 19.4. The molecule has 0 spiro atoms. The van der Waals surface area contributed by atoms with E-state index >= 15 is 0 Å². The van der Waals surface area contributed by atoms with Crippen molar-refractivity contribution in [1.29, 1.82) is 0 Å². The van der Waals surface area contributed by atoms with Crippen LogP contribution in [0.25, 0.3) is 0 Å². The normalized spacial score (nSPS) is 13.8. The molecule has 0 saturated heterocycles. The highest BCUT2D eigenvalue weighted by Crippen LogP contribution is 2.29. The number of Topliss-reactive ketones (excluding diaryl/α,β-unsaturated/α-hetero) is 1. The monoisotopic (exact) mass is 361 g/mol. The number of carboxylic acids is 1. The highest BCUT2D eigenvalue weighted by molar-refractivity contribution is 5.87. The highest BCUT2D eigenvalue weighted by Gasteiger charge is 2.31. The molecule has 3 N–H and O–H groups in total. The largest absolute Gasteiger partial charge is 0.480 e. The standard InChI is InChI=1S/C16H18F3NO5/c1-2-11(21)7-8-12(15(24)25)20-14(23)13(22)9-3-5-10(6-4-9)16(17,18)19/h3-6,12-13,22H,2,7-8H2,1H3,(H,20,23)(H,24,25)/t12-,13+/m0/s1. The maximum absolute atomic E-state index is 12.5. The number of halogens is 3. The van der Waals surface area contributed by atoms with Crippen molar-refractivity contribution in [3.63, 3.8) is 0 Å². The molecular formula is C16H18F3NO5. The van der Waals surface area contributed by atoms with Gasteiger partial charge in [-0.25, -0.2) is 4.79 Å². The molecular weight excluding hydrogens is 343 g/mol. The SMILES string of the molecule is CCC(=O)CC[C@H](NC(=O)[C@H](O)c1ccc(C(F)(F)F)cc1)C(=O)O. The lowest BCUT2D eigenvalue weighted by atomic mass is 10.0. The van der Waals surface area contributed by atoms with E-state index in [9.17, 15) is 32.7 Å². The van der Waals surface area contributed by atoms with E-state index in [1.807, 2.05) is 0 Å². The number of ketones is 1. The van der Waals surface area contributed by atoms with Gasteiger partial charge in [-0.05, 0) is 24.1 Å². The first-order chi connectivity index (χ1) is 11.6. The second kappa shape index (κ2) is 8.61. The summed E-state index contributed by atoms with van der Waals surface area (Å²) in [5.41, 5.74) is -1.05. The quantitative estimate of drug-likeness (QED) is 0.658. The molecule has 138 valence electrons. The van der Waals surface area contributed by atoms with Crippen molar-refractivity contribution in [2.24, 2.45) is 0 Å². The third-order valence-electron chi connectivity index (χ3n) is 3.52. The molecule has 2 atom stereocenters. The lowest BCUT2D eigenvalue weighted by Gasteiger charge is -2.17. The summed E-state index contributed by atoms with van der Waals surface area (Å²) in [5, 5.41) is 21.0. The minimum Gasteiger partial charge on any atom is -0.480 e. The fourth-order valence-electron chi connectivity index (χ4n) is 2.00. The summed E-state index contributed by atoms with van der Waals surface area (Å²) < 4.78 is 37.5. The van der Waals surface area contributed by atoms with E-state index in [4.69, 9.17) is 5.11 Å². The molecule has 0 aromatic heterocycles. The van der Waals surface area contributed by atoms with Crippen LogP contribution in [0.4, 0.5) is 13.2 Å². The van der Waals surface area contributed by atoms with Crippen molar-refractivity contribution in [3.05, 3.63) is 35.4 Å². The molecule has 25 heavy (non-hydrogen) atoms. The van der Waals surface area contributed by atoms with Gasteiger partial charge in [0.1, 0.15) is 11.8 Å². The Bertz CT molecular complexity index is 628. The topological polar surface area (TPSA) is 104 Å². The van der Waals surface area contributed by atoms with Gasteiger partial charge in [-0.2, -0.15) is 13.2 Å². The second-order valence-electron chi connectivity index (χ2n) is 5.35. The Morgan fingerprint density at radius 3 is 2.16 bits per heavy atom. The number of aliphatic hydroxyl groups is 1. The minimum atomic E-state index is -4.55. The van der Waals surface area contributed by atoms with Gasteiger partial charge >= 0.3 is 12.1 Å². The van der Waals surface area contributed by atoms with Crippen LogP contribution in [0, 0.1) is 0 Å². The molecule has 0 aliphatic heterocycles. The first-order valence-electron chi connectivity index (χ1n) is 7.46. The van der Waals surface area contributed by atoms with Gasteiger partial charge in [-0.15, -0.1) is 0 Å². The van der Waals surface area contributed by atoms with Crippen LogP contribution in [0.2, 0.25) is 0 Å². The van der Waals surface area contributed by atoms with Gasteiger partial charge in [0.15, 0.2) is 6.10 Å². The van der Waals surface area contributed by atoms with Crippen LogP contribution in [-0.4, -0.2) is 33.9 Å². The zero-order chi connectivity index (χ0) is 19.2. The number of carboxylic acid groups (broad SMARTS) is 1. The van der Waals surface area contributed by atoms with Gasteiger partial charge in [-0.1, -0.05) is 19.1 Å². The summed E-state index contributed by atoms with van der Waals surface area (Å²) in [4.78, 5) is 34.3. The number of aliphatic carboxylic acids is 1. The Morgan fingerprint density at radius 2 is 1.72 bits per heavy atom. The Labute approximate surface area is 141 Å². The predicted octanol–water partition coefficient (Wildman–Crippen LogP) is 2.07. The Kier molecular flexibility index (Phi) is 7.10. The van der Waals surface area contributed by atoms with Crippen LogP contribution in [0.3, 0.4) is 0 Å². The van der Waals surface area contributed by atoms with Gasteiger partial charge in [0.25, 0.3) is 5.91 Å². The van der Waals surface area contributed by atoms with Crippen LogP contribution < -0.4 is 5.32 Å². The van der Waals surface area contributed by atoms with E-state index in [0.29, 0.717) is 12.1 Å². The number of nitrogens with one attached hydrogen (secondary N) is 1. The zero-order valence-electron chi connectivity index (χ0n) is 13.3. The number of carbonyl (C=O) groups is 3. The zero-order valence-corrected chi connectivity index (χ0v) is 13.3. The maximum Gasteiger partial charge on any atom is 0.416 e. The summed E-state index contributed by atoms with van der Waals surface area (Å²) in [5.74, 6) is -2.63. The Hall–Kier alpha value is -2.42. The summed E-state index contributed by atoms with van der Waals surface area (Å²) in [6, 6.07) is 1.90. The fourth-order valence-corrected chi connectivity index (χ4v) is 2.00. The number of hydrogen-bond donors (Lipinski definition) is 3. The number of benzene rings is 1. The average Bonchev–Trinajstić information content (AvgIpc) is 2.56. The average molecular weight is 361 g/mol. The van der Waals surface area contributed by atoms with Crippen molar-refractivity contribution in [2.75, 3.05) is 0 Å². The molecule has 0 saturated carbocycles. The van der Waals surface area contributed by atoms with E-state index in [1.165, 1.54) is 0 Å². The summed E-state index contributed by atoms with van der Waals surface area (Å²) in [6.07, 6.45) is -6.34. The van der Waals surface area contributed by atoms with Gasteiger partial charge in [0.05, 0.1) is 5.56 Å². The number of aliphatic hydroxyl groups excluding tert-OH is 1. The molecule has 0 radical (unpaired) electrons. The van der Waals surface area contributed by atoms with E-state index in [2.05, 4.69) is 5.32 Å². The molecule has 0 heterocycles. The van der Waals surface area contributed by atoms with E-state index in [-0.39, 0.29) is 30.6 Å². The van der Waals surface area contributed by atoms with Crippen molar-refractivity contribution in [3.8, 4) is 0 Å². The van der Waals surface area contributed by atoms with E-state index in [1.54, 1.807) is 6.92 Å². The fraction of sp³-hybridized carbons (Fsp3) is 0.438. The van der Waals surface area contributed by atoms with Gasteiger partial charge in [-0.3, -0.25) is 9.59 Å². The summed E-state index contributed by atoms with van der Waals surface area (Å²) in [6.45, 7) is 1.62. The minimum absolute atomic E-state index is 0.0515. The second-order valence-corrected chi connectivity index (χ2v) is 5.35.